The molecule has 0 radical (unpaired) electrons. The molecule has 0 saturated heterocycles. The van der Waals surface area contributed by atoms with E-state index in [1.54, 1.807) is 18.2 Å². The minimum absolute atomic E-state index is 0.217. The first kappa shape index (κ1) is 15.0. The number of thiophene rings is 1. The number of benzene rings is 2. The molecular weight excluding hydrogens is 329 g/mol. The van der Waals surface area contributed by atoms with Crippen LogP contribution in [-0.2, 0) is 6.54 Å². The van der Waals surface area contributed by atoms with Gasteiger partial charge in [0.25, 0.3) is 5.91 Å². The molecule has 1 N–H and O–H groups in total. The Morgan fingerprint density at radius 1 is 1.12 bits per heavy atom. The number of amides is 1. The van der Waals surface area contributed by atoms with Crippen molar-refractivity contribution in [1.82, 2.24) is 5.32 Å². The molecule has 0 unspecified atom stereocenters. The van der Waals surface area contributed by atoms with Crippen molar-refractivity contribution in [1.29, 1.82) is 0 Å². The SMILES string of the molecule is O=C(NCc1ccc2c(c1)OCCO2)c1cc2c(F)cccc2s1. The Balaban J connectivity index is 1.48. The Labute approximate surface area is 141 Å². The minimum atomic E-state index is -0.311. The first-order chi connectivity index (χ1) is 11.7. The lowest BCUT2D eigenvalue weighted by atomic mass is 10.2. The van der Waals surface area contributed by atoms with Crippen molar-refractivity contribution in [3.05, 3.63) is 58.7 Å². The Bertz CT molecular complexity index is 922. The Hall–Kier alpha value is -2.60. The number of fused-ring (bicyclic) bond motifs is 2. The molecule has 1 aliphatic heterocycles. The van der Waals surface area contributed by atoms with Crippen LogP contribution in [0.25, 0.3) is 10.1 Å². The second kappa shape index (κ2) is 6.13. The van der Waals surface area contributed by atoms with Gasteiger partial charge in [0.2, 0.25) is 0 Å². The lowest BCUT2D eigenvalue weighted by Gasteiger charge is -2.18. The number of carbonyl (C=O) groups is 1. The predicted molar refractivity (Wildman–Crippen MR) is 90.4 cm³/mol. The molecule has 122 valence electrons. The van der Waals surface area contributed by atoms with Crippen LogP contribution in [0, 0.1) is 5.82 Å². The van der Waals surface area contributed by atoms with E-state index in [4.69, 9.17) is 9.47 Å². The molecule has 6 heteroatoms. The summed E-state index contributed by atoms with van der Waals surface area (Å²) in [4.78, 5) is 12.8. The van der Waals surface area contributed by atoms with Crippen LogP contribution in [0.5, 0.6) is 11.5 Å². The quantitative estimate of drug-likeness (QED) is 0.788. The molecule has 3 aromatic rings. The lowest BCUT2D eigenvalue weighted by Crippen LogP contribution is -2.22. The maximum absolute atomic E-state index is 13.7. The van der Waals surface area contributed by atoms with Crippen LogP contribution < -0.4 is 14.8 Å². The number of hydrogen-bond donors (Lipinski definition) is 1. The molecule has 0 aliphatic carbocycles. The summed E-state index contributed by atoms with van der Waals surface area (Å²) in [6.45, 7) is 1.44. The van der Waals surface area contributed by atoms with Gasteiger partial charge in [-0.25, -0.2) is 4.39 Å². The maximum atomic E-state index is 13.7. The van der Waals surface area contributed by atoms with Crippen molar-refractivity contribution >= 4 is 27.3 Å². The summed E-state index contributed by atoms with van der Waals surface area (Å²) in [5, 5.41) is 3.33. The van der Waals surface area contributed by atoms with Crippen molar-refractivity contribution in [2.24, 2.45) is 0 Å². The number of ether oxygens (including phenoxy) is 2. The van der Waals surface area contributed by atoms with E-state index < -0.39 is 0 Å². The lowest BCUT2D eigenvalue weighted by molar-refractivity contribution is 0.0955. The topological polar surface area (TPSA) is 47.6 Å². The fourth-order valence-electron chi connectivity index (χ4n) is 2.60. The standard InChI is InChI=1S/C18H14FNO3S/c19-13-2-1-3-16-12(13)9-17(24-16)18(21)20-10-11-4-5-14-15(8-11)23-7-6-22-14/h1-5,8-9H,6-7,10H2,(H,20,21). The zero-order chi connectivity index (χ0) is 16.5. The Morgan fingerprint density at radius 2 is 1.96 bits per heavy atom. The van der Waals surface area contributed by atoms with E-state index in [2.05, 4.69) is 5.32 Å². The summed E-state index contributed by atoms with van der Waals surface area (Å²) < 4.78 is 25.5. The van der Waals surface area contributed by atoms with Crippen LogP contribution >= 0.6 is 11.3 Å². The fraction of sp³-hybridized carbons (Fsp3) is 0.167. The van der Waals surface area contributed by atoms with E-state index >= 15 is 0 Å². The number of hydrogen-bond acceptors (Lipinski definition) is 4. The molecule has 0 spiro atoms. The zero-order valence-electron chi connectivity index (χ0n) is 12.7. The van der Waals surface area contributed by atoms with Gasteiger partial charge in [-0.15, -0.1) is 11.3 Å². The third-order valence-electron chi connectivity index (χ3n) is 3.79. The van der Waals surface area contributed by atoms with Crippen LogP contribution in [0.15, 0.2) is 42.5 Å². The zero-order valence-corrected chi connectivity index (χ0v) is 13.5. The molecule has 1 aromatic heterocycles. The highest BCUT2D eigenvalue weighted by molar-refractivity contribution is 7.20. The molecule has 1 aliphatic rings. The highest BCUT2D eigenvalue weighted by Gasteiger charge is 2.14. The van der Waals surface area contributed by atoms with E-state index in [1.807, 2.05) is 18.2 Å². The van der Waals surface area contributed by atoms with E-state index in [9.17, 15) is 9.18 Å². The van der Waals surface area contributed by atoms with Crippen LogP contribution in [-0.4, -0.2) is 19.1 Å². The molecule has 0 atom stereocenters. The summed E-state index contributed by atoms with van der Waals surface area (Å²) in [5.74, 6) is 0.883. The van der Waals surface area contributed by atoms with Crippen LogP contribution in [0.3, 0.4) is 0 Å². The molecule has 0 saturated carbocycles. The third-order valence-corrected chi connectivity index (χ3v) is 4.89. The second-order valence-corrected chi connectivity index (χ2v) is 6.51. The molecule has 4 nitrogen and oxygen atoms in total. The van der Waals surface area contributed by atoms with Gasteiger partial charge in [-0.3, -0.25) is 4.79 Å². The van der Waals surface area contributed by atoms with Gasteiger partial charge in [0.1, 0.15) is 19.0 Å². The van der Waals surface area contributed by atoms with Gasteiger partial charge >= 0.3 is 0 Å². The highest BCUT2D eigenvalue weighted by atomic mass is 32.1. The van der Waals surface area contributed by atoms with Crippen molar-refractivity contribution in [3.63, 3.8) is 0 Å². The molecule has 0 bridgehead atoms. The van der Waals surface area contributed by atoms with Gasteiger partial charge in [-0.1, -0.05) is 12.1 Å². The largest absolute Gasteiger partial charge is 0.486 e. The first-order valence-corrected chi connectivity index (χ1v) is 8.37. The Kier molecular flexibility index (Phi) is 3.82. The molecule has 2 aromatic carbocycles. The smallest absolute Gasteiger partial charge is 0.261 e. The molecule has 2 heterocycles. The van der Waals surface area contributed by atoms with Gasteiger partial charge in [-0.05, 0) is 35.9 Å². The van der Waals surface area contributed by atoms with Gasteiger partial charge in [-0.2, -0.15) is 0 Å². The Morgan fingerprint density at radius 3 is 2.79 bits per heavy atom. The van der Waals surface area contributed by atoms with Crippen molar-refractivity contribution < 1.29 is 18.7 Å². The van der Waals surface area contributed by atoms with E-state index in [0.717, 1.165) is 16.0 Å². The van der Waals surface area contributed by atoms with Crippen LogP contribution in [0.4, 0.5) is 4.39 Å². The summed E-state index contributed by atoms with van der Waals surface area (Å²) in [6, 6.07) is 12.0. The fourth-order valence-corrected chi connectivity index (χ4v) is 3.60. The van der Waals surface area contributed by atoms with Gasteiger partial charge in [0.15, 0.2) is 11.5 Å². The number of nitrogens with one attached hydrogen (secondary N) is 1. The van der Waals surface area contributed by atoms with Crippen LogP contribution in [0.2, 0.25) is 0 Å². The molecule has 4 rings (SSSR count). The van der Waals surface area contributed by atoms with Gasteiger partial charge in [0, 0.05) is 16.6 Å². The predicted octanol–water partition coefficient (Wildman–Crippen LogP) is 3.74. The van der Waals surface area contributed by atoms with E-state index in [-0.39, 0.29) is 11.7 Å². The molecule has 24 heavy (non-hydrogen) atoms. The average Bonchev–Trinajstić information content (AvgIpc) is 3.05. The maximum Gasteiger partial charge on any atom is 0.261 e. The van der Waals surface area contributed by atoms with Crippen molar-refractivity contribution in [3.8, 4) is 11.5 Å². The second-order valence-electron chi connectivity index (χ2n) is 5.42. The summed E-state index contributed by atoms with van der Waals surface area (Å²) in [5.41, 5.74) is 0.917. The summed E-state index contributed by atoms with van der Waals surface area (Å²) >= 11 is 1.28. The van der Waals surface area contributed by atoms with E-state index in [0.29, 0.717) is 35.8 Å². The highest BCUT2D eigenvalue weighted by Crippen LogP contribution is 2.31. The number of rotatable bonds is 3. The number of carbonyl (C=O) groups excluding carboxylic acids is 1. The molecular formula is C18H14FNO3S. The van der Waals surface area contributed by atoms with Crippen molar-refractivity contribution in [2.45, 2.75) is 6.54 Å². The minimum Gasteiger partial charge on any atom is -0.486 e. The molecule has 0 fully saturated rings. The summed E-state index contributed by atoms with van der Waals surface area (Å²) in [6.07, 6.45) is 0. The van der Waals surface area contributed by atoms with Crippen molar-refractivity contribution in [2.75, 3.05) is 13.2 Å². The number of halogens is 1. The normalized spacial score (nSPS) is 13.0. The van der Waals surface area contributed by atoms with Gasteiger partial charge < -0.3 is 14.8 Å². The van der Waals surface area contributed by atoms with Gasteiger partial charge in [0.05, 0.1) is 4.88 Å². The first-order valence-electron chi connectivity index (χ1n) is 7.55. The van der Waals surface area contributed by atoms with Crippen LogP contribution in [0.1, 0.15) is 15.2 Å². The summed E-state index contributed by atoms with van der Waals surface area (Å²) in [7, 11) is 0. The molecule has 1 amide bonds. The third kappa shape index (κ3) is 2.80. The monoisotopic (exact) mass is 343 g/mol. The average molecular weight is 343 g/mol. The van der Waals surface area contributed by atoms with E-state index in [1.165, 1.54) is 17.4 Å².